The van der Waals surface area contributed by atoms with Gasteiger partial charge in [0.05, 0.1) is 6.54 Å². The highest BCUT2D eigenvalue weighted by molar-refractivity contribution is 9.10. The molecule has 1 aliphatic carbocycles. The highest BCUT2D eigenvalue weighted by Gasteiger charge is 2.34. The monoisotopic (exact) mass is 382 g/mol. The number of benzene rings is 1. The van der Waals surface area contributed by atoms with Crippen LogP contribution in [0.4, 0.5) is 0 Å². The van der Waals surface area contributed by atoms with Crippen molar-refractivity contribution < 1.29 is 14.7 Å². The van der Waals surface area contributed by atoms with Crippen LogP contribution < -0.4 is 5.32 Å². The summed E-state index contributed by atoms with van der Waals surface area (Å²) in [5, 5.41) is 11.9. The molecule has 1 saturated carbocycles. The van der Waals surface area contributed by atoms with Gasteiger partial charge in [0.25, 0.3) is 0 Å². The predicted molar refractivity (Wildman–Crippen MR) is 92.3 cm³/mol. The molecule has 0 radical (unpaired) electrons. The molecule has 1 aromatic carbocycles. The molecule has 1 aliphatic rings. The number of nitrogens with zero attached hydrogens (tertiary/aromatic N) is 1. The third kappa shape index (κ3) is 5.62. The Morgan fingerprint density at radius 3 is 2.52 bits per heavy atom. The van der Waals surface area contributed by atoms with Crippen LogP contribution in [0.3, 0.4) is 0 Å². The van der Waals surface area contributed by atoms with Gasteiger partial charge in [-0.1, -0.05) is 35.0 Å². The number of halogens is 1. The molecule has 0 saturated heterocycles. The van der Waals surface area contributed by atoms with E-state index in [0.717, 1.165) is 35.8 Å². The third-order valence-corrected chi connectivity index (χ3v) is 4.82. The Kier molecular flexibility index (Phi) is 6.59. The van der Waals surface area contributed by atoms with Crippen LogP contribution in [0.5, 0.6) is 0 Å². The summed E-state index contributed by atoms with van der Waals surface area (Å²) in [6.07, 6.45) is 2.89. The number of nitrogens with one attached hydrogen (secondary N) is 1. The molecule has 0 unspecified atom stereocenters. The van der Waals surface area contributed by atoms with Crippen LogP contribution >= 0.6 is 15.9 Å². The van der Waals surface area contributed by atoms with Crippen LogP contribution in [-0.4, -0.2) is 47.1 Å². The zero-order valence-electron chi connectivity index (χ0n) is 13.3. The molecule has 0 bridgehead atoms. The lowest BCUT2D eigenvalue weighted by Gasteiger charge is -2.42. The summed E-state index contributed by atoms with van der Waals surface area (Å²) in [4.78, 5) is 24.7. The highest BCUT2D eigenvalue weighted by atomic mass is 79.9. The number of aryl methyl sites for hydroxylation is 1. The molecule has 23 heavy (non-hydrogen) atoms. The summed E-state index contributed by atoms with van der Waals surface area (Å²) < 4.78 is 1.04. The van der Waals surface area contributed by atoms with Crippen molar-refractivity contribution in [2.45, 2.75) is 44.7 Å². The van der Waals surface area contributed by atoms with E-state index < -0.39 is 5.97 Å². The van der Waals surface area contributed by atoms with Crippen LogP contribution in [0.25, 0.3) is 0 Å². The van der Waals surface area contributed by atoms with Gasteiger partial charge in [-0.15, -0.1) is 0 Å². The average molecular weight is 383 g/mol. The summed E-state index contributed by atoms with van der Waals surface area (Å²) in [5.41, 5.74) is 1.15. The zero-order valence-corrected chi connectivity index (χ0v) is 14.9. The van der Waals surface area contributed by atoms with Crippen molar-refractivity contribution in [3.8, 4) is 0 Å². The molecule has 0 heterocycles. The van der Waals surface area contributed by atoms with E-state index >= 15 is 0 Å². The molecule has 1 aromatic rings. The molecule has 6 heteroatoms. The predicted octanol–water partition coefficient (Wildman–Crippen LogP) is 2.44. The smallest absolute Gasteiger partial charge is 0.317 e. The molecule has 0 atom stereocenters. The fourth-order valence-corrected chi connectivity index (χ4v) is 3.15. The fourth-order valence-electron chi connectivity index (χ4n) is 2.89. The summed E-state index contributed by atoms with van der Waals surface area (Å²) in [5.74, 6) is -0.730. The first kappa shape index (κ1) is 17.9. The molecule has 0 spiro atoms. The molecule has 0 aromatic heterocycles. The SMILES string of the molecule is CCN(CC(=O)O)C1CC(NC(=O)CCc2ccc(Br)cc2)C1. The molecule has 5 nitrogen and oxygen atoms in total. The molecular weight excluding hydrogens is 360 g/mol. The number of carboxylic acids is 1. The van der Waals surface area contributed by atoms with Crippen molar-refractivity contribution in [3.63, 3.8) is 0 Å². The molecule has 1 amide bonds. The second kappa shape index (κ2) is 8.45. The highest BCUT2D eigenvalue weighted by Crippen LogP contribution is 2.25. The number of carbonyl (C=O) groups excluding carboxylic acids is 1. The van der Waals surface area contributed by atoms with Crippen LogP contribution in [0.15, 0.2) is 28.7 Å². The van der Waals surface area contributed by atoms with Crippen molar-refractivity contribution in [1.29, 1.82) is 0 Å². The molecule has 0 aliphatic heterocycles. The first-order chi connectivity index (χ1) is 11.0. The normalized spacial score (nSPS) is 20.1. The van der Waals surface area contributed by atoms with Gasteiger partial charge in [-0.3, -0.25) is 14.5 Å². The molecule has 2 N–H and O–H groups in total. The van der Waals surface area contributed by atoms with Crippen molar-refractivity contribution in [3.05, 3.63) is 34.3 Å². The Morgan fingerprint density at radius 1 is 1.30 bits per heavy atom. The second-order valence-corrected chi connectivity index (χ2v) is 6.89. The van der Waals surface area contributed by atoms with Gasteiger partial charge in [0.15, 0.2) is 0 Å². The van der Waals surface area contributed by atoms with Gasteiger partial charge in [0, 0.05) is 23.0 Å². The van der Waals surface area contributed by atoms with E-state index in [1.807, 2.05) is 36.1 Å². The lowest BCUT2D eigenvalue weighted by molar-refractivity contribution is -0.139. The Balaban J connectivity index is 1.67. The lowest BCUT2D eigenvalue weighted by Crippen LogP contribution is -2.54. The minimum absolute atomic E-state index is 0.0673. The zero-order chi connectivity index (χ0) is 16.8. The maximum atomic E-state index is 12.0. The van der Waals surface area contributed by atoms with E-state index in [1.54, 1.807) is 0 Å². The van der Waals surface area contributed by atoms with Crippen LogP contribution in [0.1, 0.15) is 31.7 Å². The number of likely N-dealkylation sites (N-methyl/N-ethyl adjacent to an activating group) is 1. The molecule has 2 rings (SSSR count). The van der Waals surface area contributed by atoms with E-state index in [9.17, 15) is 9.59 Å². The van der Waals surface area contributed by atoms with Crippen molar-refractivity contribution in [1.82, 2.24) is 10.2 Å². The van der Waals surface area contributed by atoms with Crippen molar-refractivity contribution >= 4 is 27.8 Å². The number of hydrogen-bond acceptors (Lipinski definition) is 3. The number of amides is 1. The van der Waals surface area contributed by atoms with E-state index in [2.05, 4.69) is 21.2 Å². The van der Waals surface area contributed by atoms with Gasteiger partial charge in [0.1, 0.15) is 0 Å². The largest absolute Gasteiger partial charge is 0.480 e. The number of aliphatic carboxylic acids is 1. The van der Waals surface area contributed by atoms with Crippen LogP contribution in [0, 0.1) is 0 Å². The number of hydrogen-bond donors (Lipinski definition) is 2. The Morgan fingerprint density at radius 2 is 1.96 bits per heavy atom. The molecule has 126 valence electrons. The summed E-state index contributed by atoms with van der Waals surface area (Å²) in [6.45, 7) is 2.76. The van der Waals surface area contributed by atoms with E-state index in [-0.39, 0.29) is 24.5 Å². The lowest BCUT2D eigenvalue weighted by atomic mass is 9.85. The van der Waals surface area contributed by atoms with Gasteiger partial charge in [-0.2, -0.15) is 0 Å². The quantitative estimate of drug-likeness (QED) is 0.724. The molecule has 1 fully saturated rings. The number of rotatable bonds is 8. The van der Waals surface area contributed by atoms with Gasteiger partial charge >= 0.3 is 5.97 Å². The van der Waals surface area contributed by atoms with E-state index in [4.69, 9.17) is 5.11 Å². The summed E-state index contributed by atoms with van der Waals surface area (Å²) in [7, 11) is 0. The minimum Gasteiger partial charge on any atom is -0.480 e. The number of carbonyl (C=O) groups is 2. The summed E-state index contributed by atoms with van der Waals surface area (Å²) in [6, 6.07) is 8.44. The first-order valence-electron chi connectivity index (χ1n) is 7.97. The summed E-state index contributed by atoms with van der Waals surface area (Å²) >= 11 is 3.39. The van der Waals surface area contributed by atoms with Crippen molar-refractivity contribution in [2.75, 3.05) is 13.1 Å². The average Bonchev–Trinajstić information content (AvgIpc) is 2.47. The third-order valence-electron chi connectivity index (χ3n) is 4.29. The standard InChI is InChI=1S/C17H23BrN2O3/c1-2-20(11-17(22)23)15-9-14(10-15)19-16(21)8-5-12-3-6-13(18)7-4-12/h3-4,6-7,14-15H,2,5,8-11H2,1H3,(H,19,21)(H,22,23). The minimum atomic E-state index is -0.797. The van der Waals surface area contributed by atoms with E-state index in [1.165, 1.54) is 0 Å². The Labute approximate surface area is 145 Å². The molecular formula is C17H23BrN2O3. The van der Waals surface area contributed by atoms with Gasteiger partial charge in [-0.05, 0) is 43.5 Å². The van der Waals surface area contributed by atoms with Crippen LogP contribution in [-0.2, 0) is 16.0 Å². The first-order valence-corrected chi connectivity index (χ1v) is 8.77. The Bertz CT molecular complexity index is 541. The maximum absolute atomic E-state index is 12.0. The topological polar surface area (TPSA) is 69.6 Å². The number of carboxylic acid groups (broad SMARTS) is 1. The van der Waals surface area contributed by atoms with Crippen LogP contribution in [0.2, 0.25) is 0 Å². The maximum Gasteiger partial charge on any atom is 0.317 e. The van der Waals surface area contributed by atoms with Gasteiger partial charge in [0.2, 0.25) is 5.91 Å². The Hall–Kier alpha value is -1.40. The van der Waals surface area contributed by atoms with E-state index in [0.29, 0.717) is 6.42 Å². The van der Waals surface area contributed by atoms with Gasteiger partial charge < -0.3 is 10.4 Å². The van der Waals surface area contributed by atoms with Crippen molar-refractivity contribution in [2.24, 2.45) is 0 Å². The fraction of sp³-hybridized carbons (Fsp3) is 0.529. The van der Waals surface area contributed by atoms with Gasteiger partial charge in [-0.25, -0.2) is 0 Å². The second-order valence-electron chi connectivity index (χ2n) is 5.97.